The molecule has 0 saturated heterocycles. The lowest BCUT2D eigenvalue weighted by atomic mass is 10.2. The number of sulfonamides is 1. The van der Waals surface area contributed by atoms with Crippen LogP contribution in [0.15, 0.2) is 41.5 Å². The molecule has 0 aliphatic rings. The molecule has 0 saturated carbocycles. The van der Waals surface area contributed by atoms with Crippen LogP contribution < -0.4 is 5.32 Å². The van der Waals surface area contributed by atoms with Gasteiger partial charge in [-0.05, 0) is 5.56 Å². The minimum atomic E-state index is -3.26. The molecule has 162 valence electrons. The highest BCUT2D eigenvalue weighted by molar-refractivity contribution is 14.0. The summed E-state index contributed by atoms with van der Waals surface area (Å²) in [7, 11) is 0.304. The SMILES string of the molecule is CCN(CC)S(=O)(=O)CCNC(=NC)N(C)Cc1ncc(-c2ccccc2)[nH]1.I. The van der Waals surface area contributed by atoms with Crippen molar-refractivity contribution in [1.29, 1.82) is 0 Å². The number of guanidine groups is 1. The number of hydrogen-bond acceptors (Lipinski definition) is 4. The summed E-state index contributed by atoms with van der Waals surface area (Å²) in [4.78, 5) is 13.9. The normalized spacial score (nSPS) is 12.0. The first-order chi connectivity index (χ1) is 13.4. The fraction of sp³-hybridized carbons (Fsp3) is 0.474. The van der Waals surface area contributed by atoms with E-state index in [4.69, 9.17) is 0 Å². The van der Waals surface area contributed by atoms with E-state index in [1.807, 2.05) is 62.3 Å². The standard InChI is InChI=1S/C19H30N6O2S.HI/c1-5-25(6-2)28(26,27)13-12-21-19(20-3)24(4)15-18-22-14-17(23-18)16-10-8-7-9-11-16;/h7-11,14H,5-6,12-13,15H2,1-4H3,(H,20,21)(H,22,23);1H. The largest absolute Gasteiger partial charge is 0.355 e. The van der Waals surface area contributed by atoms with Crippen molar-refractivity contribution in [3.05, 3.63) is 42.4 Å². The second-order valence-electron chi connectivity index (χ2n) is 6.34. The topological polar surface area (TPSA) is 93.7 Å². The number of hydrogen-bond donors (Lipinski definition) is 2. The molecule has 2 N–H and O–H groups in total. The number of nitrogens with zero attached hydrogens (tertiary/aromatic N) is 4. The number of aromatic nitrogens is 2. The van der Waals surface area contributed by atoms with E-state index < -0.39 is 10.0 Å². The summed E-state index contributed by atoms with van der Waals surface area (Å²) in [5, 5.41) is 3.12. The van der Waals surface area contributed by atoms with E-state index in [0.29, 0.717) is 32.1 Å². The predicted molar refractivity (Wildman–Crippen MR) is 129 cm³/mol. The van der Waals surface area contributed by atoms with Crippen LogP contribution in [-0.4, -0.2) is 73.0 Å². The molecular weight excluding hydrogens is 503 g/mol. The molecule has 8 nitrogen and oxygen atoms in total. The van der Waals surface area contributed by atoms with Crippen molar-refractivity contribution in [2.75, 3.05) is 39.5 Å². The number of rotatable bonds is 9. The van der Waals surface area contributed by atoms with Crippen molar-refractivity contribution < 1.29 is 8.42 Å². The van der Waals surface area contributed by atoms with Crippen LogP contribution in [0.25, 0.3) is 11.3 Å². The van der Waals surface area contributed by atoms with Gasteiger partial charge in [-0.3, -0.25) is 4.99 Å². The summed E-state index contributed by atoms with van der Waals surface area (Å²) in [5.41, 5.74) is 2.03. The molecule has 29 heavy (non-hydrogen) atoms. The zero-order chi connectivity index (χ0) is 20.6. The van der Waals surface area contributed by atoms with Gasteiger partial charge in [-0.25, -0.2) is 17.7 Å². The molecule has 0 amide bonds. The number of aliphatic imine (C=N–C) groups is 1. The van der Waals surface area contributed by atoms with Gasteiger partial charge in [0.05, 0.1) is 24.2 Å². The second-order valence-corrected chi connectivity index (χ2v) is 8.43. The molecule has 0 aliphatic carbocycles. The Morgan fingerprint density at radius 2 is 1.86 bits per heavy atom. The number of benzene rings is 1. The Kier molecular flexibility index (Phi) is 10.6. The fourth-order valence-electron chi connectivity index (χ4n) is 2.93. The van der Waals surface area contributed by atoms with Crippen LogP contribution in [0.3, 0.4) is 0 Å². The maximum absolute atomic E-state index is 12.3. The molecule has 0 radical (unpaired) electrons. The van der Waals surface area contributed by atoms with Crippen LogP contribution in [0.1, 0.15) is 19.7 Å². The molecule has 0 spiro atoms. The quantitative estimate of drug-likeness (QED) is 0.293. The van der Waals surface area contributed by atoms with Gasteiger partial charge in [0, 0.05) is 33.7 Å². The third-order valence-electron chi connectivity index (χ3n) is 4.42. The summed E-state index contributed by atoms with van der Waals surface area (Å²) in [6, 6.07) is 10.0. The van der Waals surface area contributed by atoms with E-state index in [1.165, 1.54) is 4.31 Å². The minimum absolute atomic E-state index is 0. The van der Waals surface area contributed by atoms with Crippen molar-refractivity contribution >= 4 is 40.0 Å². The first kappa shape index (κ1) is 25.4. The first-order valence-electron chi connectivity index (χ1n) is 9.40. The first-order valence-corrected chi connectivity index (χ1v) is 11.0. The van der Waals surface area contributed by atoms with Gasteiger partial charge in [-0.15, -0.1) is 24.0 Å². The number of imidazole rings is 1. The number of aromatic amines is 1. The van der Waals surface area contributed by atoms with Crippen molar-refractivity contribution in [3.63, 3.8) is 0 Å². The molecule has 0 atom stereocenters. The zero-order valence-electron chi connectivity index (χ0n) is 17.4. The molecule has 0 unspecified atom stereocenters. The Labute approximate surface area is 190 Å². The van der Waals surface area contributed by atoms with Gasteiger partial charge in [0.25, 0.3) is 0 Å². The van der Waals surface area contributed by atoms with E-state index >= 15 is 0 Å². The lowest BCUT2D eigenvalue weighted by Crippen LogP contribution is -2.42. The predicted octanol–water partition coefficient (Wildman–Crippen LogP) is 2.37. The zero-order valence-corrected chi connectivity index (χ0v) is 20.6. The summed E-state index contributed by atoms with van der Waals surface area (Å²) >= 11 is 0. The minimum Gasteiger partial charge on any atom is -0.355 e. The highest BCUT2D eigenvalue weighted by Crippen LogP contribution is 2.16. The molecule has 1 aromatic heterocycles. The van der Waals surface area contributed by atoms with E-state index in [-0.39, 0.29) is 29.7 Å². The Morgan fingerprint density at radius 3 is 2.45 bits per heavy atom. The van der Waals surface area contributed by atoms with Crippen molar-refractivity contribution in [2.45, 2.75) is 20.4 Å². The number of H-pyrrole nitrogens is 1. The molecule has 0 fully saturated rings. The van der Waals surface area contributed by atoms with Crippen LogP contribution in [-0.2, 0) is 16.6 Å². The Balaban J connectivity index is 0.00000420. The molecule has 2 aromatic rings. The smallest absolute Gasteiger partial charge is 0.215 e. The maximum atomic E-state index is 12.3. The van der Waals surface area contributed by atoms with Crippen LogP contribution in [0, 0.1) is 0 Å². The van der Waals surface area contributed by atoms with Gasteiger partial charge in [-0.1, -0.05) is 44.2 Å². The molecule has 0 aliphatic heterocycles. The van der Waals surface area contributed by atoms with Gasteiger partial charge in [0.15, 0.2) is 5.96 Å². The maximum Gasteiger partial charge on any atom is 0.215 e. The molecule has 1 heterocycles. The van der Waals surface area contributed by atoms with E-state index in [2.05, 4.69) is 20.3 Å². The average Bonchev–Trinajstić information content (AvgIpc) is 3.15. The summed E-state index contributed by atoms with van der Waals surface area (Å²) in [6.45, 7) is 5.46. The lowest BCUT2D eigenvalue weighted by Gasteiger charge is -2.22. The van der Waals surface area contributed by atoms with E-state index in [0.717, 1.165) is 17.1 Å². The molecular formula is C19H31IN6O2S. The Hall–Kier alpha value is -1.66. The lowest BCUT2D eigenvalue weighted by molar-refractivity contribution is 0.442. The number of halogens is 1. The molecule has 1 aromatic carbocycles. The van der Waals surface area contributed by atoms with Crippen molar-refractivity contribution in [2.24, 2.45) is 4.99 Å². The van der Waals surface area contributed by atoms with Gasteiger partial charge in [0.1, 0.15) is 5.82 Å². The van der Waals surface area contributed by atoms with Crippen LogP contribution >= 0.6 is 24.0 Å². The Bertz CT molecular complexity index is 866. The number of nitrogens with one attached hydrogen (secondary N) is 2. The van der Waals surface area contributed by atoms with Gasteiger partial charge in [-0.2, -0.15) is 0 Å². The summed E-state index contributed by atoms with van der Waals surface area (Å²) < 4.78 is 26.0. The highest BCUT2D eigenvalue weighted by Gasteiger charge is 2.18. The van der Waals surface area contributed by atoms with Gasteiger partial charge in [0.2, 0.25) is 10.0 Å². The molecule has 0 bridgehead atoms. The second kappa shape index (κ2) is 12.1. The van der Waals surface area contributed by atoms with Crippen LogP contribution in [0.4, 0.5) is 0 Å². The third kappa shape index (κ3) is 7.27. The van der Waals surface area contributed by atoms with E-state index in [9.17, 15) is 8.42 Å². The summed E-state index contributed by atoms with van der Waals surface area (Å²) in [6.07, 6.45) is 1.81. The van der Waals surface area contributed by atoms with Crippen molar-refractivity contribution in [1.82, 2.24) is 24.5 Å². The third-order valence-corrected chi connectivity index (χ3v) is 6.44. The van der Waals surface area contributed by atoms with Gasteiger partial charge >= 0.3 is 0 Å². The molecule has 10 heteroatoms. The van der Waals surface area contributed by atoms with Crippen LogP contribution in [0.5, 0.6) is 0 Å². The van der Waals surface area contributed by atoms with Gasteiger partial charge < -0.3 is 15.2 Å². The van der Waals surface area contributed by atoms with E-state index in [1.54, 1.807) is 7.05 Å². The monoisotopic (exact) mass is 534 g/mol. The summed E-state index contributed by atoms with van der Waals surface area (Å²) in [5.74, 6) is 1.45. The fourth-order valence-corrected chi connectivity index (χ4v) is 4.33. The highest BCUT2D eigenvalue weighted by atomic mass is 127. The average molecular weight is 534 g/mol. The Morgan fingerprint density at radius 1 is 1.21 bits per heavy atom. The van der Waals surface area contributed by atoms with Crippen molar-refractivity contribution in [3.8, 4) is 11.3 Å². The molecule has 2 rings (SSSR count). The van der Waals surface area contributed by atoms with Crippen LogP contribution in [0.2, 0.25) is 0 Å².